The topological polar surface area (TPSA) is 58.3 Å². The maximum absolute atomic E-state index is 13.3. The summed E-state index contributed by atoms with van der Waals surface area (Å²) in [5, 5.41) is 12.5. The number of nitrogens with one attached hydrogen (secondary N) is 1. The Labute approximate surface area is 116 Å². The second-order valence-corrected chi connectivity index (χ2v) is 5.23. The van der Waals surface area contributed by atoms with Crippen molar-refractivity contribution >= 4 is 0 Å². The lowest BCUT2D eigenvalue weighted by Crippen LogP contribution is -2.40. The molecule has 3 nitrogen and oxygen atoms in total. The van der Waals surface area contributed by atoms with Gasteiger partial charge in [-0.3, -0.25) is 0 Å². The molecule has 1 saturated carbocycles. The minimum atomic E-state index is -1.47. The Kier molecular flexibility index (Phi) is 5.01. The summed E-state index contributed by atoms with van der Waals surface area (Å²) >= 11 is 0. The summed E-state index contributed by atoms with van der Waals surface area (Å²) in [7, 11) is 0. The van der Waals surface area contributed by atoms with Crippen LogP contribution in [0.5, 0.6) is 0 Å². The van der Waals surface area contributed by atoms with Crippen LogP contribution in [0.25, 0.3) is 0 Å². The molecule has 3 atom stereocenters. The van der Waals surface area contributed by atoms with Crippen LogP contribution < -0.4 is 11.1 Å². The van der Waals surface area contributed by atoms with Crippen LogP contribution in [0.1, 0.15) is 30.9 Å². The van der Waals surface area contributed by atoms with Crippen LogP contribution in [0.4, 0.5) is 13.2 Å². The second-order valence-electron chi connectivity index (χ2n) is 5.23. The fourth-order valence-electron chi connectivity index (χ4n) is 2.81. The van der Waals surface area contributed by atoms with E-state index in [-0.39, 0.29) is 30.7 Å². The van der Waals surface area contributed by atoms with E-state index in [4.69, 9.17) is 5.73 Å². The van der Waals surface area contributed by atoms with Crippen molar-refractivity contribution in [3.05, 3.63) is 35.1 Å². The zero-order valence-electron chi connectivity index (χ0n) is 11.1. The normalized spacial score (nSPS) is 24.1. The van der Waals surface area contributed by atoms with Gasteiger partial charge in [0.1, 0.15) is 0 Å². The minimum absolute atomic E-state index is 0.0599. The molecule has 2 rings (SSSR count). The number of aliphatic hydroxyl groups excluding tert-OH is 1. The number of hydrogen-bond donors (Lipinski definition) is 3. The SMILES string of the molecule is NCC(NC1CCCC1CO)c1cc(F)c(F)c(F)c1. The molecule has 0 aromatic heterocycles. The summed E-state index contributed by atoms with van der Waals surface area (Å²) < 4.78 is 39.5. The number of nitrogens with two attached hydrogens (primary N) is 1. The molecular weight excluding hydrogens is 269 g/mol. The monoisotopic (exact) mass is 288 g/mol. The molecule has 112 valence electrons. The predicted octanol–water partition coefficient (Wildman–Crippen LogP) is 1.85. The first kappa shape index (κ1) is 15.3. The van der Waals surface area contributed by atoms with Crippen LogP contribution in [0.15, 0.2) is 12.1 Å². The lowest BCUT2D eigenvalue weighted by atomic mass is 10.0. The van der Waals surface area contributed by atoms with E-state index in [0.717, 1.165) is 31.4 Å². The lowest BCUT2D eigenvalue weighted by molar-refractivity contribution is 0.199. The van der Waals surface area contributed by atoms with E-state index in [2.05, 4.69) is 5.32 Å². The van der Waals surface area contributed by atoms with Gasteiger partial charge in [-0.2, -0.15) is 0 Å². The van der Waals surface area contributed by atoms with Gasteiger partial charge in [0.15, 0.2) is 17.5 Å². The molecule has 6 heteroatoms. The largest absolute Gasteiger partial charge is 0.396 e. The van der Waals surface area contributed by atoms with Crippen molar-refractivity contribution in [3.8, 4) is 0 Å². The number of halogens is 3. The van der Waals surface area contributed by atoms with Crippen LogP contribution in [-0.2, 0) is 0 Å². The number of rotatable bonds is 5. The Bertz CT molecular complexity index is 447. The molecule has 0 saturated heterocycles. The molecule has 0 heterocycles. The molecule has 3 unspecified atom stereocenters. The van der Waals surface area contributed by atoms with Crippen LogP contribution in [0.2, 0.25) is 0 Å². The van der Waals surface area contributed by atoms with Gasteiger partial charge in [0, 0.05) is 25.2 Å². The van der Waals surface area contributed by atoms with E-state index in [1.54, 1.807) is 0 Å². The van der Waals surface area contributed by atoms with Gasteiger partial charge in [-0.05, 0) is 36.5 Å². The summed E-state index contributed by atoms with van der Waals surface area (Å²) in [5.74, 6) is -3.78. The molecule has 1 aliphatic carbocycles. The summed E-state index contributed by atoms with van der Waals surface area (Å²) in [6.45, 7) is 0.209. The van der Waals surface area contributed by atoms with Gasteiger partial charge >= 0.3 is 0 Å². The fourth-order valence-corrected chi connectivity index (χ4v) is 2.81. The second kappa shape index (κ2) is 6.56. The standard InChI is InChI=1S/C14H19F3N2O/c15-10-4-9(5-11(16)14(10)17)13(6-18)19-12-3-1-2-8(12)7-20/h4-5,8,12-13,19-20H,1-3,6-7,18H2. The molecule has 1 aromatic carbocycles. The van der Waals surface area contributed by atoms with Crippen molar-refractivity contribution < 1.29 is 18.3 Å². The van der Waals surface area contributed by atoms with Crippen LogP contribution >= 0.6 is 0 Å². The van der Waals surface area contributed by atoms with Gasteiger partial charge in [0.25, 0.3) is 0 Å². The summed E-state index contributed by atoms with van der Waals surface area (Å²) in [5.41, 5.74) is 5.93. The third-order valence-electron chi connectivity index (χ3n) is 3.95. The van der Waals surface area contributed by atoms with Crippen LogP contribution in [0, 0.1) is 23.4 Å². The molecule has 0 spiro atoms. The Morgan fingerprint density at radius 3 is 2.45 bits per heavy atom. The Morgan fingerprint density at radius 1 is 1.25 bits per heavy atom. The van der Waals surface area contributed by atoms with Gasteiger partial charge in [-0.15, -0.1) is 0 Å². The van der Waals surface area contributed by atoms with Crippen molar-refractivity contribution in [2.45, 2.75) is 31.3 Å². The molecule has 4 N–H and O–H groups in total. The van der Waals surface area contributed by atoms with Crippen molar-refractivity contribution in [1.29, 1.82) is 0 Å². The van der Waals surface area contributed by atoms with E-state index in [1.807, 2.05) is 0 Å². The van der Waals surface area contributed by atoms with Crippen LogP contribution in [-0.4, -0.2) is 24.3 Å². The van der Waals surface area contributed by atoms with Gasteiger partial charge < -0.3 is 16.2 Å². The Balaban J connectivity index is 2.16. The summed E-state index contributed by atoms with van der Waals surface area (Å²) in [6.07, 6.45) is 2.79. The summed E-state index contributed by atoms with van der Waals surface area (Å²) in [4.78, 5) is 0. The van der Waals surface area contributed by atoms with E-state index < -0.39 is 23.5 Å². The average molecular weight is 288 g/mol. The maximum Gasteiger partial charge on any atom is 0.194 e. The van der Waals surface area contributed by atoms with Gasteiger partial charge in [-0.25, -0.2) is 13.2 Å². The molecule has 0 bridgehead atoms. The van der Waals surface area contributed by atoms with Crippen molar-refractivity contribution in [3.63, 3.8) is 0 Å². The van der Waals surface area contributed by atoms with Crippen molar-refractivity contribution in [2.75, 3.05) is 13.2 Å². The van der Waals surface area contributed by atoms with E-state index in [1.165, 1.54) is 0 Å². The first-order valence-electron chi connectivity index (χ1n) is 6.78. The number of hydrogen-bond acceptors (Lipinski definition) is 3. The average Bonchev–Trinajstić information content (AvgIpc) is 2.88. The Morgan fingerprint density at radius 2 is 1.90 bits per heavy atom. The molecule has 1 aromatic rings. The fraction of sp³-hybridized carbons (Fsp3) is 0.571. The van der Waals surface area contributed by atoms with Gasteiger partial charge in [-0.1, -0.05) is 6.42 Å². The quantitative estimate of drug-likeness (QED) is 0.725. The first-order chi connectivity index (χ1) is 9.56. The number of benzene rings is 1. The first-order valence-corrected chi connectivity index (χ1v) is 6.78. The van der Waals surface area contributed by atoms with Crippen LogP contribution in [0.3, 0.4) is 0 Å². The smallest absolute Gasteiger partial charge is 0.194 e. The van der Waals surface area contributed by atoms with E-state index in [9.17, 15) is 18.3 Å². The molecule has 0 amide bonds. The van der Waals surface area contributed by atoms with Gasteiger partial charge in [0.2, 0.25) is 0 Å². The molecule has 0 radical (unpaired) electrons. The van der Waals surface area contributed by atoms with Crippen molar-refractivity contribution in [1.82, 2.24) is 5.32 Å². The summed E-state index contributed by atoms with van der Waals surface area (Å²) in [6, 6.07) is 1.53. The molecule has 1 aliphatic rings. The van der Waals surface area contributed by atoms with Crippen molar-refractivity contribution in [2.24, 2.45) is 11.7 Å². The highest BCUT2D eigenvalue weighted by Gasteiger charge is 2.29. The minimum Gasteiger partial charge on any atom is -0.396 e. The van der Waals surface area contributed by atoms with E-state index >= 15 is 0 Å². The molecule has 0 aliphatic heterocycles. The van der Waals surface area contributed by atoms with E-state index in [0.29, 0.717) is 0 Å². The third kappa shape index (κ3) is 3.13. The zero-order valence-corrected chi connectivity index (χ0v) is 11.1. The zero-order chi connectivity index (χ0) is 14.7. The maximum atomic E-state index is 13.3. The highest BCUT2D eigenvalue weighted by atomic mass is 19.2. The highest BCUT2D eigenvalue weighted by molar-refractivity contribution is 5.23. The van der Waals surface area contributed by atoms with Gasteiger partial charge in [0.05, 0.1) is 0 Å². The number of aliphatic hydroxyl groups is 1. The molecule has 20 heavy (non-hydrogen) atoms. The lowest BCUT2D eigenvalue weighted by Gasteiger charge is -2.26. The molecular formula is C14H19F3N2O. The Hall–Kier alpha value is -1.11. The highest BCUT2D eigenvalue weighted by Crippen LogP contribution is 2.28. The predicted molar refractivity (Wildman–Crippen MR) is 69.5 cm³/mol. The molecule has 1 fully saturated rings. The third-order valence-corrected chi connectivity index (χ3v) is 3.95.